The number of unbranched alkanes of at least 4 members (excludes halogenated alkanes) is 25. The standard InChI is InChI=1S/C59H101NO5/c1-4-7-10-13-16-19-22-25-27-29-30-32-34-37-40-43-46-49-52-59(64)65-55(50-47-44-41-38-35-33-31-28-26-23-20-17-14-11-8-5-2)53-58(63)60-56(54-61)57(62)51-48-45-42-39-36-24-21-18-15-12-9-6-3/h10,13,16,19,22-23,25-33,35,55-57,61-62H,4-9,11-12,14-15,17-18,20-21,24,34,36-54H2,1-3H3,(H,60,63)/b13-10+,19-16+,25-22+,26-23+,29-27+,31-28+,32-30+,35-33+. The first-order valence-electron chi connectivity index (χ1n) is 27.1. The number of aliphatic hydroxyl groups excluding tert-OH is 2. The lowest BCUT2D eigenvalue weighted by Gasteiger charge is -2.24. The molecule has 372 valence electrons. The van der Waals surface area contributed by atoms with E-state index in [9.17, 15) is 19.8 Å². The summed E-state index contributed by atoms with van der Waals surface area (Å²) in [6.07, 6.45) is 68.8. The molecule has 0 bridgehead atoms. The number of nitrogens with one attached hydrogen (secondary N) is 1. The first-order chi connectivity index (χ1) is 32.0. The van der Waals surface area contributed by atoms with E-state index >= 15 is 0 Å². The zero-order valence-corrected chi connectivity index (χ0v) is 42.3. The largest absolute Gasteiger partial charge is 0.462 e. The van der Waals surface area contributed by atoms with Crippen molar-refractivity contribution in [1.82, 2.24) is 5.32 Å². The fourth-order valence-corrected chi connectivity index (χ4v) is 7.70. The maximum atomic E-state index is 13.2. The Morgan fingerprint density at radius 2 is 0.815 bits per heavy atom. The molecule has 3 N–H and O–H groups in total. The maximum absolute atomic E-state index is 13.2. The van der Waals surface area contributed by atoms with E-state index in [1.54, 1.807) is 0 Å². The van der Waals surface area contributed by atoms with E-state index in [1.165, 1.54) is 96.3 Å². The summed E-state index contributed by atoms with van der Waals surface area (Å²) < 4.78 is 5.92. The van der Waals surface area contributed by atoms with Gasteiger partial charge in [-0.05, 0) is 70.6 Å². The summed E-state index contributed by atoms with van der Waals surface area (Å²) in [5.41, 5.74) is 0. The van der Waals surface area contributed by atoms with Gasteiger partial charge in [-0.15, -0.1) is 0 Å². The van der Waals surface area contributed by atoms with Gasteiger partial charge in [0.15, 0.2) is 0 Å². The molecule has 0 aromatic rings. The number of aliphatic hydroxyl groups is 2. The summed E-state index contributed by atoms with van der Waals surface area (Å²) in [7, 11) is 0. The Hall–Kier alpha value is -3.22. The molecule has 1 amide bonds. The van der Waals surface area contributed by atoms with Crippen LogP contribution in [-0.2, 0) is 14.3 Å². The summed E-state index contributed by atoms with van der Waals surface area (Å²) in [4.78, 5) is 26.2. The quantitative estimate of drug-likeness (QED) is 0.0321. The first-order valence-corrected chi connectivity index (χ1v) is 27.1. The summed E-state index contributed by atoms with van der Waals surface area (Å²) in [5, 5.41) is 23.8. The lowest BCUT2D eigenvalue weighted by molar-refractivity contribution is -0.151. The van der Waals surface area contributed by atoms with E-state index < -0.39 is 18.2 Å². The number of hydrogen-bond acceptors (Lipinski definition) is 5. The lowest BCUT2D eigenvalue weighted by Crippen LogP contribution is -2.46. The monoisotopic (exact) mass is 904 g/mol. The lowest BCUT2D eigenvalue weighted by atomic mass is 10.0. The molecule has 0 saturated carbocycles. The van der Waals surface area contributed by atoms with Crippen LogP contribution in [0.15, 0.2) is 97.2 Å². The molecule has 0 spiro atoms. The van der Waals surface area contributed by atoms with Crippen molar-refractivity contribution in [3.05, 3.63) is 97.2 Å². The van der Waals surface area contributed by atoms with E-state index in [0.717, 1.165) is 96.3 Å². The van der Waals surface area contributed by atoms with Crippen LogP contribution < -0.4 is 5.32 Å². The van der Waals surface area contributed by atoms with Gasteiger partial charge in [0.2, 0.25) is 5.91 Å². The van der Waals surface area contributed by atoms with Crippen molar-refractivity contribution < 1.29 is 24.5 Å². The number of carbonyl (C=O) groups is 2. The first kappa shape index (κ1) is 61.8. The van der Waals surface area contributed by atoms with Gasteiger partial charge in [-0.3, -0.25) is 9.59 Å². The van der Waals surface area contributed by atoms with Gasteiger partial charge in [0.1, 0.15) is 6.10 Å². The van der Waals surface area contributed by atoms with Crippen molar-refractivity contribution >= 4 is 11.9 Å². The van der Waals surface area contributed by atoms with Crippen LogP contribution in [0.3, 0.4) is 0 Å². The number of rotatable bonds is 47. The van der Waals surface area contributed by atoms with Crippen molar-refractivity contribution in [2.45, 2.75) is 257 Å². The summed E-state index contributed by atoms with van der Waals surface area (Å²) >= 11 is 0. The van der Waals surface area contributed by atoms with Crippen molar-refractivity contribution in [2.24, 2.45) is 0 Å². The van der Waals surface area contributed by atoms with Crippen LogP contribution in [0.25, 0.3) is 0 Å². The number of ether oxygens (including phenoxy) is 1. The SMILES string of the molecule is CCC/C=C/C=C/C=C/C=C/C=C/CCCCCCCC(=O)OC(CCCCC/C=C/C=C/C=C/CCCCCCC)CC(=O)NC(CO)C(O)CCCCCCCCCCCCCC. The summed E-state index contributed by atoms with van der Waals surface area (Å²) in [5.74, 6) is -0.541. The second-order valence-corrected chi connectivity index (χ2v) is 18.1. The normalized spacial score (nSPS) is 14.0. The Kier molecular flexibility index (Phi) is 49.2. The highest BCUT2D eigenvalue weighted by Crippen LogP contribution is 2.17. The number of amides is 1. The van der Waals surface area contributed by atoms with E-state index in [4.69, 9.17) is 4.74 Å². The Bertz CT molecular complexity index is 1290. The zero-order valence-electron chi connectivity index (χ0n) is 42.3. The topological polar surface area (TPSA) is 95.9 Å². The molecule has 0 fully saturated rings. The number of allylic oxidation sites excluding steroid dienone is 16. The molecule has 0 heterocycles. The molecule has 6 nitrogen and oxygen atoms in total. The van der Waals surface area contributed by atoms with Crippen LogP contribution in [0.4, 0.5) is 0 Å². The minimum Gasteiger partial charge on any atom is -0.462 e. The Morgan fingerprint density at radius 3 is 1.26 bits per heavy atom. The highest BCUT2D eigenvalue weighted by atomic mass is 16.5. The molecule has 0 saturated heterocycles. The number of esters is 1. The van der Waals surface area contributed by atoms with Crippen molar-refractivity contribution in [2.75, 3.05) is 6.61 Å². The predicted octanol–water partition coefficient (Wildman–Crippen LogP) is 16.5. The van der Waals surface area contributed by atoms with Crippen LogP contribution in [0, 0.1) is 0 Å². The van der Waals surface area contributed by atoms with Crippen LogP contribution in [0.5, 0.6) is 0 Å². The molecule has 0 aromatic heterocycles. The summed E-state index contributed by atoms with van der Waals surface area (Å²) in [6.45, 7) is 6.36. The number of carbonyl (C=O) groups excluding carboxylic acids is 2. The van der Waals surface area contributed by atoms with Gasteiger partial charge in [-0.25, -0.2) is 0 Å². The van der Waals surface area contributed by atoms with Gasteiger partial charge >= 0.3 is 5.97 Å². The molecule has 3 atom stereocenters. The van der Waals surface area contributed by atoms with Gasteiger partial charge in [-0.2, -0.15) is 0 Å². The Balaban J connectivity index is 4.73. The minimum absolute atomic E-state index is 0.0390. The van der Waals surface area contributed by atoms with E-state index in [-0.39, 0.29) is 24.9 Å². The van der Waals surface area contributed by atoms with Gasteiger partial charge in [-0.1, -0.05) is 253 Å². The molecule has 6 heteroatoms. The molecule has 0 rings (SSSR count). The molecule has 0 aliphatic carbocycles. The van der Waals surface area contributed by atoms with Crippen LogP contribution in [0.1, 0.15) is 239 Å². The van der Waals surface area contributed by atoms with Gasteiger partial charge in [0, 0.05) is 6.42 Å². The van der Waals surface area contributed by atoms with Crippen molar-refractivity contribution in [3.8, 4) is 0 Å². The third kappa shape index (κ3) is 47.1. The van der Waals surface area contributed by atoms with Gasteiger partial charge in [0.25, 0.3) is 0 Å². The van der Waals surface area contributed by atoms with E-state index in [0.29, 0.717) is 19.3 Å². The molecule has 0 aromatic carbocycles. The van der Waals surface area contributed by atoms with E-state index in [2.05, 4.69) is 99.0 Å². The molecule has 3 unspecified atom stereocenters. The van der Waals surface area contributed by atoms with E-state index in [1.807, 2.05) is 24.3 Å². The second-order valence-electron chi connectivity index (χ2n) is 18.1. The van der Waals surface area contributed by atoms with Crippen LogP contribution >= 0.6 is 0 Å². The molecule has 0 radical (unpaired) electrons. The van der Waals surface area contributed by atoms with Crippen molar-refractivity contribution in [1.29, 1.82) is 0 Å². The highest BCUT2D eigenvalue weighted by Gasteiger charge is 2.24. The fourth-order valence-electron chi connectivity index (χ4n) is 7.70. The van der Waals surface area contributed by atoms with Gasteiger partial charge < -0.3 is 20.3 Å². The third-order valence-electron chi connectivity index (χ3n) is 11.8. The van der Waals surface area contributed by atoms with Gasteiger partial charge in [0.05, 0.1) is 25.2 Å². The van der Waals surface area contributed by atoms with Crippen molar-refractivity contribution in [3.63, 3.8) is 0 Å². The molecule has 0 aliphatic rings. The van der Waals surface area contributed by atoms with Crippen LogP contribution in [-0.4, -0.2) is 46.9 Å². The predicted molar refractivity (Wildman–Crippen MR) is 282 cm³/mol. The molecule has 65 heavy (non-hydrogen) atoms. The molecule has 0 aliphatic heterocycles. The fraction of sp³-hybridized carbons (Fsp3) is 0.695. The Labute approximate surface area is 401 Å². The Morgan fingerprint density at radius 1 is 0.446 bits per heavy atom. The van der Waals surface area contributed by atoms with Crippen LogP contribution in [0.2, 0.25) is 0 Å². The third-order valence-corrected chi connectivity index (χ3v) is 11.8. The smallest absolute Gasteiger partial charge is 0.306 e. The maximum Gasteiger partial charge on any atom is 0.306 e. The zero-order chi connectivity index (χ0) is 47.4. The molecular weight excluding hydrogens is 803 g/mol. The average molecular weight is 904 g/mol. The second kappa shape index (κ2) is 51.8. The molecular formula is C59H101NO5. The minimum atomic E-state index is -0.807. The number of hydrogen-bond donors (Lipinski definition) is 3. The highest BCUT2D eigenvalue weighted by molar-refractivity contribution is 5.77. The average Bonchev–Trinajstić information content (AvgIpc) is 3.30. The summed E-state index contributed by atoms with van der Waals surface area (Å²) in [6, 6.07) is -0.724.